The van der Waals surface area contributed by atoms with Crippen LogP contribution in [0.25, 0.3) is 0 Å². The van der Waals surface area contributed by atoms with Gasteiger partial charge in [0.15, 0.2) is 0 Å². The van der Waals surface area contributed by atoms with E-state index in [0.717, 1.165) is 19.3 Å². The van der Waals surface area contributed by atoms with E-state index >= 15 is 0 Å². The van der Waals surface area contributed by atoms with E-state index in [1.807, 2.05) is 6.92 Å². The lowest BCUT2D eigenvalue weighted by Gasteiger charge is -2.34. The molecule has 0 amide bonds. The molecule has 0 aromatic carbocycles. The second kappa shape index (κ2) is 4.76. The third-order valence-electron chi connectivity index (χ3n) is 3.04. The van der Waals surface area contributed by atoms with Crippen LogP contribution in [-0.2, 0) is 0 Å². The van der Waals surface area contributed by atoms with E-state index in [9.17, 15) is 5.11 Å². The number of aliphatic hydroxyl groups is 1. The minimum atomic E-state index is -0.155. The van der Waals surface area contributed by atoms with Crippen molar-refractivity contribution in [2.45, 2.75) is 59.5 Å². The Morgan fingerprint density at radius 2 is 1.64 bits per heavy atom. The molecule has 0 aliphatic heterocycles. The van der Waals surface area contributed by atoms with Gasteiger partial charge in [-0.2, -0.15) is 0 Å². The first kappa shape index (κ1) is 11.0. The predicted molar refractivity (Wildman–Crippen MR) is 49.6 cm³/mol. The smallest absolute Gasteiger partial charge is 0.0568 e. The molecule has 68 valence electrons. The molecule has 1 nitrogen and oxygen atoms in total. The monoisotopic (exact) mass is 158 g/mol. The van der Waals surface area contributed by atoms with Crippen molar-refractivity contribution in [2.24, 2.45) is 5.41 Å². The van der Waals surface area contributed by atoms with Crippen LogP contribution in [0.4, 0.5) is 0 Å². The summed E-state index contributed by atoms with van der Waals surface area (Å²) in [6, 6.07) is 0. The number of hydrogen-bond donors (Lipinski definition) is 1. The average molecular weight is 158 g/mol. The normalized spacial score (nSPS) is 15.0. The van der Waals surface area contributed by atoms with Gasteiger partial charge >= 0.3 is 0 Å². The van der Waals surface area contributed by atoms with Crippen molar-refractivity contribution in [3.63, 3.8) is 0 Å². The van der Waals surface area contributed by atoms with Gasteiger partial charge in [0.1, 0.15) is 0 Å². The molecule has 1 atom stereocenters. The van der Waals surface area contributed by atoms with Crippen molar-refractivity contribution in [1.29, 1.82) is 0 Å². The van der Waals surface area contributed by atoms with Gasteiger partial charge < -0.3 is 5.11 Å². The Kier molecular flexibility index (Phi) is 4.74. The highest BCUT2D eigenvalue weighted by Gasteiger charge is 2.30. The van der Waals surface area contributed by atoms with E-state index in [4.69, 9.17) is 0 Å². The molecule has 0 rings (SSSR count). The lowest BCUT2D eigenvalue weighted by molar-refractivity contribution is 0.0240. The summed E-state index contributed by atoms with van der Waals surface area (Å²) in [6.45, 7) is 8.45. The molecular weight excluding hydrogens is 136 g/mol. The third-order valence-corrected chi connectivity index (χ3v) is 3.04. The lowest BCUT2D eigenvalue weighted by atomic mass is 9.74. The molecule has 0 spiro atoms. The molecule has 0 fully saturated rings. The van der Waals surface area contributed by atoms with Gasteiger partial charge in [0, 0.05) is 0 Å². The molecule has 0 saturated heterocycles. The maximum absolute atomic E-state index is 9.59. The zero-order valence-corrected chi connectivity index (χ0v) is 8.35. The predicted octanol–water partition coefficient (Wildman–Crippen LogP) is 2.97. The van der Waals surface area contributed by atoms with Crippen LogP contribution in [0, 0.1) is 5.41 Å². The van der Waals surface area contributed by atoms with E-state index in [-0.39, 0.29) is 11.5 Å². The minimum Gasteiger partial charge on any atom is -0.393 e. The summed E-state index contributed by atoms with van der Waals surface area (Å²) in [5, 5.41) is 9.59. The van der Waals surface area contributed by atoms with Gasteiger partial charge in [0.25, 0.3) is 0 Å². The topological polar surface area (TPSA) is 20.2 Å². The Hall–Kier alpha value is -0.0400. The second-order valence-corrected chi connectivity index (χ2v) is 3.50. The van der Waals surface area contributed by atoms with Gasteiger partial charge in [-0.25, -0.2) is 0 Å². The first-order chi connectivity index (χ1) is 5.13. The Balaban J connectivity index is 4.20. The van der Waals surface area contributed by atoms with Crippen LogP contribution in [0.15, 0.2) is 0 Å². The van der Waals surface area contributed by atoms with E-state index in [1.165, 1.54) is 6.42 Å². The van der Waals surface area contributed by atoms with Crippen molar-refractivity contribution >= 4 is 0 Å². The van der Waals surface area contributed by atoms with Gasteiger partial charge in [-0.3, -0.25) is 0 Å². The summed E-state index contributed by atoms with van der Waals surface area (Å²) >= 11 is 0. The maximum Gasteiger partial charge on any atom is 0.0568 e. The molecule has 1 N–H and O–H groups in total. The summed E-state index contributed by atoms with van der Waals surface area (Å²) in [6.07, 6.45) is 4.35. The quantitative estimate of drug-likeness (QED) is 0.652. The molecule has 0 radical (unpaired) electrons. The van der Waals surface area contributed by atoms with Crippen LogP contribution in [0.5, 0.6) is 0 Å². The SMILES string of the molecule is CCCC(CC)(CC)C(C)O. The molecule has 0 bridgehead atoms. The molecular formula is C10H22O. The van der Waals surface area contributed by atoms with Crippen LogP contribution in [-0.4, -0.2) is 11.2 Å². The molecule has 1 heteroatoms. The third kappa shape index (κ3) is 2.48. The lowest BCUT2D eigenvalue weighted by Crippen LogP contribution is -2.31. The number of rotatable bonds is 5. The summed E-state index contributed by atoms with van der Waals surface area (Å²) < 4.78 is 0. The van der Waals surface area contributed by atoms with Gasteiger partial charge in [0.2, 0.25) is 0 Å². The zero-order valence-electron chi connectivity index (χ0n) is 8.35. The number of aliphatic hydroxyl groups excluding tert-OH is 1. The molecule has 11 heavy (non-hydrogen) atoms. The number of hydrogen-bond acceptors (Lipinski definition) is 1. The first-order valence-electron chi connectivity index (χ1n) is 4.81. The fourth-order valence-electron chi connectivity index (χ4n) is 1.90. The largest absolute Gasteiger partial charge is 0.393 e. The van der Waals surface area contributed by atoms with Crippen LogP contribution < -0.4 is 0 Å². The summed E-state index contributed by atoms with van der Waals surface area (Å²) in [5.41, 5.74) is 0.189. The van der Waals surface area contributed by atoms with Gasteiger partial charge in [0.05, 0.1) is 6.10 Å². The Morgan fingerprint density at radius 3 is 1.73 bits per heavy atom. The van der Waals surface area contributed by atoms with Gasteiger partial charge in [-0.15, -0.1) is 0 Å². The van der Waals surface area contributed by atoms with Crippen molar-refractivity contribution in [3.8, 4) is 0 Å². The van der Waals surface area contributed by atoms with E-state index in [1.54, 1.807) is 0 Å². The molecule has 0 aromatic rings. The Morgan fingerprint density at radius 1 is 1.18 bits per heavy atom. The van der Waals surface area contributed by atoms with Gasteiger partial charge in [-0.05, 0) is 31.6 Å². The molecule has 0 saturated carbocycles. The van der Waals surface area contributed by atoms with Crippen LogP contribution >= 0.6 is 0 Å². The summed E-state index contributed by atoms with van der Waals surface area (Å²) in [4.78, 5) is 0. The van der Waals surface area contributed by atoms with E-state index in [0.29, 0.717) is 0 Å². The van der Waals surface area contributed by atoms with Crippen molar-refractivity contribution in [3.05, 3.63) is 0 Å². The highest BCUT2D eigenvalue weighted by Crippen LogP contribution is 2.35. The fourth-order valence-corrected chi connectivity index (χ4v) is 1.90. The van der Waals surface area contributed by atoms with Crippen LogP contribution in [0.1, 0.15) is 53.4 Å². The second-order valence-electron chi connectivity index (χ2n) is 3.50. The highest BCUT2D eigenvalue weighted by atomic mass is 16.3. The van der Waals surface area contributed by atoms with Crippen LogP contribution in [0.2, 0.25) is 0 Å². The fraction of sp³-hybridized carbons (Fsp3) is 1.00. The minimum absolute atomic E-state index is 0.155. The Labute approximate surface area is 70.8 Å². The molecule has 0 aliphatic carbocycles. The summed E-state index contributed by atoms with van der Waals surface area (Å²) in [5.74, 6) is 0. The highest BCUT2D eigenvalue weighted by molar-refractivity contribution is 4.80. The van der Waals surface area contributed by atoms with E-state index in [2.05, 4.69) is 20.8 Å². The van der Waals surface area contributed by atoms with Crippen molar-refractivity contribution in [1.82, 2.24) is 0 Å². The van der Waals surface area contributed by atoms with Crippen molar-refractivity contribution in [2.75, 3.05) is 0 Å². The van der Waals surface area contributed by atoms with Crippen molar-refractivity contribution < 1.29 is 5.11 Å². The van der Waals surface area contributed by atoms with E-state index < -0.39 is 0 Å². The first-order valence-corrected chi connectivity index (χ1v) is 4.81. The molecule has 1 unspecified atom stereocenters. The Bertz CT molecular complexity index is 93.0. The molecule has 0 aromatic heterocycles. The van der Waals surface area contributed by atoms with Crippen LogP contribution in [0.3, 0.4) is 0 Å². The molecule has 0 heterocycles. The molecule has 0 aliphatic rings. The average Bonchev–Trinajstić information content (AvgIpc) is 2.00. The summed E-state index contributed by atoms with van der Waals surface area (Å²) in [7, 11) is 0. The zero-order chi connectivity index (χ0) is 8.91. The standard InChI is InChI=1S/C10H22O/c1-5-8-10(6-2,7-3)9(4)11/h9,11H,5-8H2,1-4H3. The maximum atomic E-state index is 9.59. The van der Waals surface area contributed by atoms with Gasteiger partial charge in [-0.1, -0.05) is 27.2 Å².